The number of rotatable bonds is 7. The first-order chi connectivity index (χ1) is 12.0. The molecule has 0 saturated carbocycles. The van der Waals surface area contributed by atoms with Crippen molar-refractivity contribution in [3.8, 4) is 0 Å². The second-order valence-electron chi connectivity index (χ2n) is 5.01. The summed E-state index contributed by atoms with van der Waals surface area (Å²) in [6.07, 6.45) is 3.33. The number of anilines is 1. The van der Waals surface area contributed by atoms with Crippen molar-refractivity contribution in [1.29, 1.82) is 0 Å². The summed E-state index contributed by atoms with van der Waals surface area (Å²) in [4.78, 5) is 33.1. The molecule has 0 aliphatic heterocycles. The van der Waals surface area contributed by atoms with E-state index >= 15 is 0 Å². The maximum Gasteiger partial charge on any atom is 0.305 e. The van der Waals surface area contributed by atoms with Gasteiger partial charge in [-0.25, -0.2) is 0 Å². The number of methoxy groups -OCH3 is 1. The maximum atomic E-state index is 11.9. The highest BCUT2D eigenvalue weighted by Crippen LogP contribution is 2.17. The Morgan fingerprint density at radius 2 is 2.12 bits per heavy atom. The Balaban J connectivity index is 1.92. The summed E-state index contributed by atoms with van der Waals surface area (Å²) in [5.41, 5.74) is 0.213. The van der Waals surface area contributed by atoms with Gasteiger partial charge >= 0.3 is 5.97 Å². The fraction of sp³-hybridized carbons (Fsp3) is 0.176. The SMILES string of the molecule is COC(=O)CCc1ccc(/C=C/C(=O)Nc2cccc([N+](=O)[O-])c2)o1. The normalized spacial score (nSPS) is 10.6. The van der Waals surface area contributed by atoms with Crippen molar-refractivity contribution in [3.05, 3.63) is 64.1 Å². The van der Waals surface area contributed by atoms with Gasteiger partial charge in [0.25, 0.3) is 5.69 Å². The van der Waals surface area contributed by atoms with Gasteiger partial charge in [0.15, 0.2) is 0 Å². The molecule has 1 heterocycles. The van der Waals surface area contributed by atoms with Crippen LogP contribution in [0.3, 0.4) is 0 Å². The molecule has 2 aromatic rings. The van der Waals surface area contributed by atoms with Crippen LogP contribution in [0.25, 0.3) is 6.08 Å². The quantitative estimate of drug-likeness (QED) is 0.358. The zero-order valence-corrected chi connectivity index (χ0v) is 13.4. The fourth-order valence-electron chi connectivity index (χ4n) is 1.98. The smallest absolute Gasteiger partial charge is 0.305 e. The van der Waals surface area contributed by atoms with Gasteiger partial charge in [0.2, 0.25) is 5.91 Å². The van der Waals surface area contributed by atoms with Gasteiger partial charge in [0.1, 0.15) is 11.5 Å². The van der Waals surface area contributed by atoms with Gasteiger partial charge < -0.3 is 14.5 Å². The van der Waals surface area contributed by atoms with E-state index in [4.69, 9.17) is 4.42 Å². The molecule has 1 amide bonds. The molecule has 0 aliphatic rings. The van der Waals surface area contributed by atoms with E-state index in [1.54, 1.807) is 18.2 Å². The van der Waals surface area contributed by atoms with Crippen LogP contribution in [-0.2, 0) is 20.7 Å². The van der Waals surface area contributed by atoms with Gasteiger partial charge in [0, 0.05) is 30.3 Å². The Hall–Kier alpha value is -3.42. The first kappa shape index (κ1) is 17.9. The molecular weight excluding hydrogens is 328 g/mol. The van der Waals surface area contributed by atoms with Gasteiger partial charge in [-0.1, -0.05) is 6.07 Å². The van der Waals surface area contributed by atoms with Gasteiger partial charge in [0.05, 0.1) is 18.5 Å². The highest BCUT2D eigenvalue weighted by Gasteiger charge is 2.07. The number of carbonyl (C=O) groups excluding carboxylic acids is 2. The minimum atomic E-state index is -0.538. The summed E-state index contributed by atoms with van der Waals surface area (Å²) in [5, 5.41) is 13.2. The number of carbonyl (C=O) groups is 2. The highest BCUT2D eigenvalue weighted by atomic mass is 16.6. The number of nitrogens with zero attached hydrogens (tertiary/aromatic N) is 1. The molecule has 8 nitrogen and oxygen atoms in total. The lowest BCUT2D eigenvalue weighted by molar-refractivity contribution is -0.384. The molecule has 0 radical (unpaired) electrons. The molecule has 0 atom stereocenters. The number of ether oxygens (including phenoxy) is 1. The Morgan fingerprint density at radius 3 is 2.84 bits per heavy atom. The number of nitro groups is 1. The summed E-state index contributed by atoms with van der Waals surface area (Å²) in [6.45, 7) is 0. The standard InChI is InChI=1S/C17H16N2O6/c1-24-17(21)10-8-15-6-5-14(25-15)7-9-16(20)18-12-3-2-4-13(11-12)19(22)23/h2-7,9,11H,8,10H2,1H3,(H,18,20)/b9-7+. The lowest BCUT2D eigenvalue weighted by atomic mass is 10.2. The average molecular weight is 344 g/mol. The first-order valence-corrected chi connectivity index (χ1v) is 7.37. The molecule has 1 aromatic heterocycles. The van der Waals surface area contributed by atoms with Crippen molar-refractivity contribution >= 4 is 29.3 Å². The second kappa shape index (κ2) is 8.44. The Morgan fingerprint density at radius 1 is 1.32 bits per heavy atom. The summed E-state index contributed by atoms with van der Waals surface area (Å²) in [7, 11) is 1.32. The summed E-state index contributed by atoms with van der Waals surface area (Å²) in [6, 6.07) is 9.02. The monoisotopic (exact) mass is 344 g/mol. The molecule has 1 N–H and O–H groups in total. The predicted octanol–water partition coefficient (Wildman–Crippen LogP) is 2.95. The third kappa shape index (κ3) is 5.61. The molecule has 0 saturated heterocycles. The second-order valence-corrected chi connectivity index (χ2v) is 5.01. The number of non-ortho nitro benzene ring substituents is 1. The number of amides is 1. The lowest BCUT2D eigenvalue weighted by Crippen LogP contribution is -2.07. The summed E-state index contributed by atoms with van der Waals surface area (Å²) >= 11 is 0. The van der Waals surface area contributed by atoms with E-state index in [-0.39, 0.29) is 18.1 Å². The van der Waals surface area contributed by atoms with Crippen molar-refractivity contribution < 1.29 is 23.7 Å². The van der Waals surface area contributed by atoms with Crippen LogP contribution in [0.2, 0.25) is 0 Å². The summed E-state index contributed by atoms with van der Waals surface area (Å²) in [5.74, 6) is 0.274. The number of hydrogen-bond acceptors (Lipinski definition) is 6. The van der Waals surface area contributed by atoms with Gasteiger partial charge in [-0.15, -0.1) is 0 Å². The van der Waals surface area contributed by atoms with Crippen molar-refractivity contribution in [2.45, 2.75) is 12.8 Å². The molecule has 130 valence electrons. The molecular formula is C17H16N2O6. The van der Waals surface area contributed by atoms with Crippen molar-refractivity contribution in [2.24, 2.45) is 0 Å². The van der Waals surface area contributed by atoms with Crippen LogP contribution in [0.4, 0.5) is 11.4 Å². The van der Waals surface area contributed by atoms with E-state index in [0.717, 1.165) is 0 Å². The third-order valence-corrected chi connectivity index (χ3v) is 3.21. The minimum Gasteiger partial charge on any atom is -0.469 e. The van der Waals surface area contributed by atoms with E-state index in [9.17, 15) is 19.7 Å². The summed E-state index contributed by atoms with van der Waals surface area (Å²) < 4.78 is 10.0. The predicted molar refractivity (Wildman–Crippen MR) is 89.8 cm³/mol. The first-order valence-electron chi connectivity index (χ1n) is 7.37. The molecule has 8 heteroatoms. The Kier molecular flexibility index (Phi) is 6.05. The van der Waals surface area contributed by atoms with Gasteiger partial charge in [-0.05, 0) is 24.3 Å². The number of hydrogen-bond donors (Lipinski definition) is 1. The number of furan rings is 1. The van der Waals surface area contributed by atoms with E-state index in [1.165, 1.54) is 37.5 Å². The van der Waals surface area contributed by atoms with Crippen LogP contribution in [0.15, 0.2) is 46.9 Å². The van der Waals surface area contributed by atoms with Crippen molar-refractivity contribution in [3.63, 3.8) is 0 Å². The van der Waals surface area contributed by atoms with E-state index in [1.807, 2.05) is 0 Å². The minimum absolute atomic E-state index is 0.108. The van der Waals surface area contributed by atoms with Crippen LogP contribution in [0.5, 0.6) is 0 Å². The van der Waals surface area contributed by atoms with E-state index in [2.05, 4.69) is 10.1 Å². The van der Waals surface area contributed by atoms with Crippen LogP contribution < -0.4 is 5.32 Å². The molecule has 0 bridgehead atoms. The largest absolute Gasteiger partial charge is 0.469 e. The number of esters is 1. The highest BCUT2D eigenvalue weighted by molar-refractivity contribution is 6.01. The zero-order valence-electron chi connectivity index (χ0n) is 13.4. The van der Waals surface area contributed by atoms with Crippen molar-refractivity contribution in [1.82, 2.24) is 0 Å². The average Bonchev–Trinajstić information content (AvgIpc) is 3.06. The zero-order chi connectivity index (χ0) is 18.2. The number of nitrogens with one attached hydrogen (secondary N) is 1. The van der Waals surface area contributed by atoms with E-state index in [0.29, 0.717) is 23.6 Å². The molecule has 25 heavy (non-hydrogen) atoms. The molecule has 0 unspecified atom stereocenters. The Bertz CT molecular complexity index is 809. The van der Waals surface area contributed by atoms with Crippen LogP contribution >= 0.6 is 0 Å². The number of nitro benzene ring substituents is 1. The molecule has 0 aliphatic carbocycles. The Labute approximate surface area is 143 Å². The third-order valence-electron chi connectivity index (χ3n) is 3.21. The van der Waals surface area contributed by atoms with E-state index < -0.39 is 10.8 Å². The van der Waals surface area contributed by atoms with Crippen LogP contribution in [-0.4, -0.2) is 23.9 Å². The van der Waals surface area contributed by atoms with Gasteiger partial charge in [-0.2, -0.15) is 0 Å². The number of benzene rings is 1. The topological polar surface area (TPSA) is 112 Å². The van der Waals surface area contributed by atoms with Gasteiger partial charge in [-0.3, -0.25) is 19.7 Å². The molecule has 0 spiro atoms. The van der Waals surface area contributed by atoms with Crippen LogP contribution in [0, 0.1) is 10.1 Å². The fourth-order valence-corrected chi connectivity index (χ4v) is 1.98. The van der Waals surface area contributed by atoms with Crippen molar-refractivity contribution in [2.75, 3.05) is 12.4 Å². The maximum absolute atomic E-state index is 11.9. The molecule has 1 aromatic carbocycles. The van der Waals surface area contributed by atoms with Crippen LogP contribution in [0.1, 0.15) is 17.9 Å². The lowest BCUT2D eigenvalue weighted by Gasteiger charge is -2.01. The molecule has 0 fully saturated rings. The molecule has 2 rings (SSSR count). The number of aryl methyl sites for hydroxylation is 1.